The Hall–Kier alpha value is -2.72. The van der Waals surface area contributed by atoms with Gasteiger partial charge in [0.1, 0.15) is 0 Å². The summed E-state index contributed by atoms with van der Waals surface area (Å²) in [6.45, 7) is 1.67. The zero-order valence-corrected chi connectivity index (χ0v) is 17.2. The van der Waals surface area contributed by atoms with E-state index in [2.05, 4.69) is 20.7 Å². The monoisotopic (exact) mass is 429 g/mol. The van der Waals surface area contributed by atoms with E-state index in [1.165, 1.54) is 29.5 Å². The van der Waals surface area contributed by atoms with Crippen LogP contribution in [0.15, 0.2) is 45.3 Å². The standard InChI is InChI=1S/C19H19N5O3S2/c25-16(24-9-5-2-6-10-24)12-28-19-22-21-18(29-19)20-17(26)14-11-15(27-23-14)13-7-3-1-4-8-13/h1,3-4,7-8,11H,2,5-6,9-10,12H2,(H,20,21,26). The molecule has 0 saturated carbocycles. The molecule has 3 heterocycles. The highest BCUT2D eigenvalue weighted by Crippen LogP contribution is 2.27. The third-order valence-corrected chi connectivity index (χ3v) is 6.41. The maximum absolute atomic E-state index is 12.4. The fourth-order valence-electron chi connectivity index (χ4n) is 2.96. The number of thioether (sulfide) groups is 1. The van der Waals surface area contributed by atoms with Gasteiger partial charge in [0.05, 0.1) is 5.75 Å². The molecule has 29 heavy (non-hydrogen) atoms. The summed E-state index contributed by atoms with van der Waals surface area (Å²) >= 11 is 2.56. The lowest BCUT2D eigenvalue weighted by molar-refractivity contribution is -0.129. The van der Waals surface area contributed by atoms with E-state index in [1.54, 1.807) is 6.07 Å². The number of hydrogen-bond donors (Lipinski definition) is 1. The molecule has 2 aromatic heterocycles. The van der Waals surface area contributed by atoms with Crippen molar-refractivity contribution in [1.29, 1.82) is 0 Å². The van der Waals surface area contributed by atoms with Crippen LogP contribution in [0, 0.1) is 0 Å². The number of carbonyl (C=O) groups is 2. The summed E-state index contributed by atoms with van der Waals surface area (Å²) in [6, 6.07) is 11.0. The van der Waals surface area contributed by atoms with Crippen LogP contribution in [0.3, 0.4) is 0 Å². The molecule has 1 fully saturated rings. The predicted molar refractivity (Wildman–Crippen MR) is 111 cm³/mol. The van der Waals surface area contributed by atoms with Crippen molar-refractivity contribution in [1.82, 2.24) is 20.3 Å². The number of aromatic nitrogens is 3. The van der Waals surface area contributed by atoms with Crippen LogP contribution in [0.25, 0.3) is 11.3 Å². The number of amides is 2. The van der Waals surface area contributed by atoms with Gasteiger partial charge in [0.15, 0.2) is 15.8 Å². The van der Waals surface area contributed by atoms with Crippen molar-refractivity contribution in [3.8, 4) is 11.3 Å². The van der Waals surface area contributed by atoms with E-state index in [4.69, 9.17) is 4.52 Å². The van der Waals surface area contributed by atoms with E-state index < -0.39 is 5.91 Å². The third kappa shape index (κ3) is 5.01. The molecule has 8 nitrogen and oxygen atoms in total. The molecule has 0 radical (unpaired) electrons. The highest BCUT2D eigenvalue weighted by Gasteiger charge is 2.19. The summed E-state index contributed by atoms with van der Waals surface area (Å²) in [4.78, 5) is 26.5. The van der Waals surface area contributed by atoms with Gasteiger partial charge in [0, 0.05) is 24.7 Å². The lowest BCUT2D eigenvalue weighted by atomic mass is 10.1. The first-order valence-electron chi connectivity index (χ1n) is 9.26. The van der Waals surface area contributed by atoms with Crippen LogP contribution in [-0.4, -0.2) is 50.9 Å². The molecule has 10 heteroatoms. The largest absolute Gasteiger partial charge is 0.355 e. The van der Waals surface area contributed by atoms with Gasteiger partial charge in [-0.1, -0.05) is 58.6 Å². The molecule has 2 amide bonds. The smallest absolute Gasteiger partial charge is 0.279 e. The van der Waals surface area contributed by atoms with Gasteiger partial charge in [-0.05, 0) is 19.3 Å². The molecule has 1 N–H and O–H groups in total. The molecule has 3 aromatic rings. The van der Waals surface area contributed by atoms with Crippen molar-refractivity contribution in [2.75, 3.05) is 24.2 Å². The van der Waals surface area contributed by atoms with E-state index in [9.17, 15) is 9.59 Å². The second kappa shape index (κ2) is 9.19. The summed E-state index contributed by atoms with van der Waals surface area (Å²) in [7, 11) is 0. The van der Waals surface area contributed by atoms with E-state index in [-0.39, 0.29) is 11.6 Å². The molecule has 0 atom stereocenters. The average molecular weight is 430 g/mol. The molecule has 1 aromatic carbocycles. The first-order valence-corrected chi connectivity index (χ1v) is 11.1. The number of carbonyl (C=O) groups excluding carboxylic acids is 2. The van der Waals surface area contributed by atoms with Crippen molar-refractivity contribution < 1.29 is 14.1 Å². The Morgan fingerprint density at radius 2 is 1.93 bits per heavy atom. The van der Waals surface area contributed by atoms with Crippen LogP contribution in [0.1, 0.15) is 29.8 Å². The number of hydrogen-bond acceptors (Lipinski definition) is 8. The lowest BCUT2D eigenvalue weighted by Crippen LogP contribution is -2.36. The third-order valence-electron chi connectivity index (χ3n) is 4.46. The van der Waals surface area contributed by atoms with Gasteiger partial charge in [-0.3, -0.25) is 14.9 Å². The van der Waals surface area contributed by atoms with Crippen LogP contribution in [0.4, 0.5) is 5.13 Å². The van der Waals surface area contributed by atoms with Gasteiger partial charge in [0.25, 0.3) is 5.91 Å². The number of nitrogens with one attached hydrogen (secondary N) is 1. The molecule has 1 saturated heterocycles. The highest BCUT2D eigenvalue weighted by atomic mass is 32.2. The topological polar surface area (TPSA) is 101 Å². The van der Waals surface area contributed by atoms with Crippen LogP contribution in [0.2, 0.25) is 0 Å². The Kier molecular flexibility index (Phi) is 6.20. The van der Waals surface area contributed by atoms with E-state index in [0.717, 1.165) is 31.5 Å². The SMILES string of the molecule is O=C(Nc1nnc(SCC(=O)N2CCCCC2)s1)c1cc(-c2ccccc2)on1. The summed E-state index contributed by atoms with van der Waals surface area (Å²) in [5.74, 6) is 0.534. The van der Waals surface area contributed by atoms with Gasteiger partial charge in [-0.2, -0.15) is 0 Å². The molecule has 0 spiro atoms. The first-order chi connectivity index (χ1) is 14.2. The number of rotatable bonds is 6. The van der Waals surface area contributed by atoms with Gasteiger partial charge < -0.3 is 9.42 Å². The second-order valence-corrected chi connectivity index (χ2v) is 8.70. The molecule has 0 unspecified atom stereocenters. The molecular formula is C19H19N5O3S2. The summed E-state index contributed by atoms with van der Waals surface area (Å²) < 4.78 is 5.88. The normalized spacial score (nSPS) is 14.0. The Balaban J connectivity index is 1.31. The fourth-order valence-corrected chi connectivity index (χ4v) is 4.61. The van der Waals surface area contributed by atoms with Gasteiger partial charge in [-0.25, -0.2) is 0 Å². The predicted octanol–water partition coefficient (Wildman–Crippen LogP) is 3.55. The minimum Gasteiger partial charge on any atom is -0.355 e. The van der Waals surface area contributed by atoms with E-state index in [0.29, 0.717) is 21.0 Å². The molecular weight excluding hydrogens is 410 g/mol. The Morgan fingerprint density at radius 3 is 2.72 bits per heavy atom. The zero-order valence-electron chi connectivity index (χ0n) is 15.5. The van der Waals surface area contributed by atoms with Crippen molar-refractivity contribution >= 4 is 40.0 Å². The molecule has 1 aliphatic heterocycles. The van der Waals surface area contributed by atoms with Crippen molar-refractivity contribution in [2.45, 2.75) is 23.6 Å². The van der Waals surface area contributed by atoms with Crippen molar-refractivity contribution in [2.24, 2.45) is 0 Å². The lowest BCUT2D eigenvalue weighted by Gasteiger charge is -2.26. The van der Waals surface area contributed by atoms with E-state index >= 15 is 0 Å². The molecule has 0 aliphatic carbocycles. The Labute approximate surface area is 175 Å². The van der Waals surface area contributed by atoms with Crippen LogP contribution >= 0.6 is 23.1 Å². The Morgan fingerprint density at radius 1 is 1.14 bits per heavy atom. The van der Waals surface area contributed by atoms with Crippen LogP contribution < -0.4 is 5.32 Å². The van der Waals surface area contributed by atoms with Crippen LogP contribution in [-0.2, 0) is 4.79 Å². The summed E-state index contributed by atoms with van der Waals surface area (Å²) in [6.07, 6.45) is 3.33. The summed E-state index contributed by atoms with van der Waals surface area (Å²) in [5, 5.41) is 14.8. The number of likely N-dealkylation sites (tertiary alicyclic amines) is 1. The quantitative estimate of drug-likeness (QED) is 0.472. The average Bonchev–Trinajstić information content (AvgIpc) is 3.43. The van der Waals surface area contributed by atoms with Gasteiger partial charge in [-0.15, -0.1) is 10.2 Å². The van der Waals surface area contributed by atoms with Crippen molar-refractivity contribution in [3.63, 3.8) is 0 Å². The maximum atomic E-state index is 12.4. The first kappa shape index (κ1) is 19.6. The summed E-state index contributed by atoms with van der Waals surface area (Å²) in [5.41, 5.74) is 1.00. The van der Waals surface area contributed by atoms with E-state index in [1.807, 2.05) is 35.2 Å². The number of anilines is 1. The highest BCUT2D eigenvalue weighted by molar-refractivity contribution is 8.01. The van der Waals surface area contributed by atoms with Gasteiger partial charge in [0.2, 0.25) is 11.0 Å². The second-order valence-electron chi connectivity index (χ2n) is 6.50. The number of benzene rings is 1. The number of nitrogens with zero attached hydrogens (tertiary/aromatic N) is 4. The van der Waals surface area contributed by atoms with Crippen molar-refractivity contribution in [3.05, 3.63) is 42.1 Å². The fraction of sp³-hybridized carbons (Fsp3) is 0.316. The minimum absolute atomic E-state index is 0.117. The molecule has 4 rings (SSSR count). The zero-order chi connectivity index (χ0) is 20.1. The minimum atomic E-state index is -0.423. The molecule has 150 valence electrons. The molecule has 0 bridgehead atoms. The molecule has 1 aliphatic rings. The van der Waals surface area contributed by atoms with Gasteiger partial charge >= 0.3 is 0 Å². The maximum Gasteiger partial charge on any atom is 0.279 e. The number of piperidine rings is 1. The van der Waals surface area contributed by atoms with Crippen LogP contribution in [0.5, 0.6) is 0 Å². The Bertz CT molecular complexity index is 983.